The molecular weight excluding hydrogens is 520 g/mol. The van der Waals surface area contributed by atoms with Crippen molar-refractivity contribution in [2.24, 2.45) is 4.99 Å². The van der Waals surface area contributed by atoms with Crippen LogP contribution < -0.4 is 5.32 Å². The number of aromatic nitrogens is 1. The Morgan fingerprint density at radius 2 is 1.77 bits per heavy atom. The van der Waals surface area contributed by atoms with Gasteiger partial charge in [-0.1, -0.05) is 86.3 Å². The number of carbonyl (C=O) groups is 2. The lowest BCUT2D eigenvalue weighted by Crippen LogP contribution is -2.38. The predicted octanol–water partition coefficient (Wildman–Crippen LogP) is 6.19. The van der Waals surface area contributed by atoms with Gasteiger partial charge in [-0.05, 0) is 41.5 Å². The molecule has 1 unspecified atom stereocenters. The molecule has 8 heteroatoms. The summed E-state index contributed by atoms with van der Waals surface area (Å²) < 4.78 is 5.59. The highest BCUT2D eigenvalue weighted by molar-refractivity contribution is 8.16. The number of hydrogen-bond donors (Lipinski definition) is 1. The van der Waals surface area contributed by atoms with E-state index in [1.807, 2.05) is 58.8 Å². The topological polar surface area (TPSA) is 83.9 Å². The van der Waals surface area contributed by atoms with Crippen LogP contribution in [-0.2, 0) is 20.9 Å². The molecule has 0 spiro atoms. The van der Waals surface area contributed by atoms with Crippen molar-refractivity contribution in [3.05, 3.63) is 118 Å². The molecule has 5 rings (SSSR count). The summed E-state index contributed by atoms with van der Waals surface area (Å²) in [5.74, 6) is -0.181. The van der Waals surface area contributed by atoms with Crippen molar-refractivity contribution >= 4 is 34.5 Å². The Kier molecular flexibility index (Phi) is 8.45. The van der Waals surface area contributed by atoms with Crippen LogP contribution in [0.4, 0.5) is 0 Å². The second-order valence-electron chi connectivity index (χ2n) is 9.84. The number of benzene rings is 2. The zero-order valence-electron chi connectivity index (χ0n) is 22.8. The van der Waals surface area contributed by atoms with Crippen LogP contribution >= 0.6 is 11.8 Å². The van der Waals surface area contributed by atoms with Gasteiger partial charge in [0.05, 0.1) is 42.6 Å². The number of carbonyl (C=O) groups excluding carboxylic acids is 2. The Morgan fingerprint density at radius 1 is 1.02 bits per heavy atom. The van der Waals surface area contributed by atoms with Crippen LogP contribution in [0.25, 0.3) is 5.70 Å². The average molecular weight is 553 g/mol. The van der Waals surface area contributed by atoms with E-state index in [9.17, 15) is 9.59 Å². The Morgan fingerprint density at radius 3 is 2.45 bits per heavy atom. The minimum atomic E-state index is -0.507. The number of nitrogens with one attached hydrogen (secondary N) is 1. The molecule has 3 heterocycles. The van der Waals surface area contributed by atoms with Gasteiger partial charge in [0.2, 0.25) is 5.91 Å². The van der Waals surface area contributed by atoms with Gasteiger partial charge < -0.3 is 15.0 Å². The molecule has 2 aromatic carbocycles. The van der Waals surface area contributed by atoms with Crippen molar-refractivity contribution in [3.63, 3.8) is 0 Å². The molecule has 1 aromatic heterocycles. The SMILES string of the molecule is CCOC(=O)C1=C(c2ccccc2)N=C2SC=C(CC(=O)NCc3ccccn3)N2C1c1ccc(C(C)C)cc1. The van der Waals surface area contributed by atoms with Crippen molar-refractivity contribution in [1.29, 1.82) is 0 Å². The molecule has 3 aromatic rings. The standard InChI is InChI=1S/C32H32N4O3S/c1-4-39-31(38)28-29(23-10-6-5-7-11-23)35-32-36(30(28)24-15-13-22(14-16-24)21(2)3)26(20-40-32)18-27(37)34-19-25-12-8-9-17-33-25/h5-17,20-21,30H,4,18-19H2,1-3H3,(H,34,37). The summed E-state index contributed by atoms with van der Waals surface area (Å²) in [5, 5.41) is 5.63. The predicted molar refractivity (Wildman–Crippen MR) is 159 cm³/mol. The van der Waals surface area contributed by atoms with Crippen molar-refractivity contribution in [2.75, 3.05) is 6.61 Å². The number of amidine groups is 1. The number of esters is 1. The first-order chi connectivity index (χ1) is 19.5. The highest BCUT2D eigenvalue weighted by atomic mass is 32.2. The maximum absolute atomic E-state index is 13.6. The van der Waals surface area contributed by atoms with E-state index < -0.39 is 12.0 Å². The van der Waals surface area contributed by atoms with Crippen LogP contribution in [0.2, 0.25) is 0 Å². The summed E-state index contributed by atoms with van der Waals surface area (Å²) in [7, 11) is 0. The normalized spacial score (nSPS) is 16.4. The smallest absolute Gasteiger partial charge is 0.338 e. The van der Waals surface area contributed by atoms with Crippen LogP contribution in [0, 0.1) is 0 Å². The maximum atomic E-state index is 13.6. The molecule has 0 fully saturated rings. The number of aliphatic imine (C=N–C) groups is 1. The van der Waals surface area contributed by atoms with E-state index >= 15 is 0 Å². The fraction of sp³-hybridized carbons (Fsp3) is 0.250. The summed E-state index contributed by atoms with van der Waals surface area (Å²) in [4.78, 5) is 37.9. The van der Waals surface area contributed by atoms with Crippen molar-refractivity contribution in [1.82, 2.24) is 15.2 Å². The van der Waals surface area contributed by atoms with E-state index in [1.165, 1.54) is 17.3 Å². The molecule has 0 saturated heterocycles. The van der Waals surface area contributed by atoms with Gasteiger partial charge >= 0.3 is 5.97 Å². The summed E-state index contributed by atoms with van der Waals surface area (Å²) in [5.41, 5.74) is 5.57. The number of hydrogen-bond acceptors (Lipinski definition) is 7. The zero-order chi connectivity index (χ0) is 28.1. The zero-order valence-corrected chi connectivity index (χ0v) is 23.7. The Hall–Kier alpha value is -4.17. The number of thioether (sulfide) groups is 1. The number of rotatable bonds is 9. The largest absolute Gasteiger partial charge is 0.463 e. The number of pyridine rings is 1. The van der Waals surface area contributed by atoms with E-state index in [0.717, 1.165) is 27.7 Å². The lowest BCUT2D eigenvalue weighted by molar-refractivity contribution is -0.139. The van der Waals surface area contributed by atoms with Crippen molar-refractivity contribution in [2.45, 2.75) is 45.7 Å². The van der Waals surface area contributed by atoms with Gasteiger partial charge in [0.15, 0.2) is 5.17 Å². The molecule has 2 aliphatic heterocycles. The van der Waals surface area contributed by atoms with E-state index in [1.54, 1.807) is 13.1 Å². The molecule has 1 amide bonds. The first-order valence-electron chi connectivity index (χ1n) is 13.4. The molecule has 204 valence electrons. The van der Waals surface area contributed by atoms with Crippen LogP contribution in [0.15, 0.2) is 101 Å². The van der Waals surface area contributed by atoms with E-state index in [-0.39, 0.29) is 18.9 Å². The van der Waals surface area contributed by atoms with Crippen LogP contribution in [0.3, 0.4) is 0 Å². The van der Waals surface area contributed by atoms with Crippen LogP contribution in [0.1, 0.15) is 61.5 Å². The molecule has 1 N–H and O–H groups in total. The lowest BCUT2D eigenvalue weighted by atomic mass is 9.90. The molecule has 40 heavy (non-hydrogen) atoms. The van der Waals surface area contributed by atoms with E-state index in [0.29, 0.717) is 23.7 Å². The van der Waals surface area contributed by atoms with Gasteiger partial charge in [-0.15, -0.1) is 0 Å². The van der Waals surface area contributed by atoms with Crippen LogP contribution in [0.5, 0.6) is 0 Å². The van der Waals surface area contributed by atoms with Crippen LogP contribution in [-0.4, -0.2) is 33.5 Å². The number of ether oxygens (including phenoxy) is 1. The molecule has 2 aliphatic rings. The van der Waals surface area contributed by atoms with Gasteiger partial charge in [0.1, 0.15) is 0 Å². The fourth-order valence-electron chi connectivity index (χ4n) is 4.79. The molecule has 0 bridgehead atoms. The van der Waals surface area contributed by atoms with Gasteiger partial charge in [-0.2, -0.15) is 0 Å². The second-order valence-corrected chi connectivity index (χ2v) is 10.7. The highest BCUT2D eigenvalue weighted by Crippen LogP contribution is 2.47. The Bertz CT molecular complexity index is 1470. The molecule has 0 radical (unpaired) electrons. The minimum Gasteiger partial charge on any atom is -0.463 e. The Balaban J connectivity index is 1.54. The molecular formula is C32H32N4O3S. The van der Waals surface area contributed by atoms with Crippen molar-refractivity contribution in [3.8, 4) is 0 Å². The van der Waals surface area contributed by atoms with Gasteiger partial charge in [0, 0.05) is 17.5 Å². The maximum Gasteiger partial charge on any atom is 0.338 e. The second kappa shape index (κ2) is 12.3. The third-order valence-electron chi connectivity index (χ3n) is 6.81. The number of fused-ring (bicyclic) bond motifs is 1. The van der Waals surface area contributed by atoms with Gasteiger partial charge in [0.25, 0.3) is 0 Å². The monoisotopic (exact) mass is 552 g/mol. The summed E-state index contributed by atoms with van der Waals surface area (Å²) in [6, 6.07) is 23.1. The first-order valence-corrected chi connectivity index (χ1v) is 14.3. The minimum absolute atomic E-state index is 0.135. The molecule has 7 nitrogen and oxygen atoms in total. The molecule has 1 atom stereocenters. The van der Waals surface area contributed by atoms with Gasteiger partial charge in [-0.25, -0.2) is 9.79 Å². The summed E-state index contributed by atoms with van der Waals surface area (Å²) in [6.45, 7) is 6.69. The number of nitrogens with zero attached hydrogens (tertiary/aromatic N) is 3. The third-order valence-corrected chi connectivity index (χ3v) is 7.69. The van der Waals surface area contributed by atoms with Crippen molar-refractivity contribution < 1.29 is 14.3 Å². The third kappa shape index (κ3) is 5.87. The molecule has 0 saturated carbocycles. The average Bonchev–Trinajstić information content (AvgIpc) is 3.38. The highest BCUT2D eigenvalue weighted by Gasteiger charge is 2.42. The summed E-state index contributed by atoms with van der Waals surface area (Å²) >= 11 is 1.46. The summed E-state index contributed by atoms with van der Waals surface area (Å²) in [6.07, 6.45) is 1.84. The van der Waals surface area contributed by atoms with Gasteiger partial charge in [-0.3, -0.25) is 9.78 Å². The lowest BCUT2D eigenvalue weighted by Gasteiger charge is -2.37. The van der Waals surface area contributed by atoms with E-state index in [4.69, 9.17) is 9.73 Å². The quantitative estimate of drug-likeness (QED) is 0.319. The molecule has 0 aliphatic carbocycles. The first kappa shape index (κ1) is 27.4. The number of amides is 1. The Labute approximate surface area is 239 Å². The fourth-order valence-corrected chi connectivity index (χ4v) is 5.70. The van der Waals surface area contributed by atoms with E-state index in [2.05, 4.69) is 48.4 Å².